The van der Waals surface area contributed by atoms with Crippen molar-refractivity contribution in [3.05, 3.63) is 47.7 Å². The number of pyridine rings is 1. The summed E-state index contributed by atoms with van der Waals surface area (Å²) >= 11 is 1.89. The Morgan fingerprint density at radius 3 is 2.78 bits per heavy atom. The molecule has 6 heterocycles. The second-order valence-corrected chi connectivity index (χ2v) is 14.0. The van der Waals surface area contributed by atoms with E-state index in [2.05, 4.69) is 37.3 Å². The van der Waals surface area contributed by atoms with Gasteiger partial charge in [-0.1, -0.05) is 12.0 Å². The minimum atomic E-state index is -0.706. The number of phenols is 1. The number of piperazine rings is 1. The lowest BCUT2D eigenvalue weighted by Gasteiger charge is -2.34. The maximum absolute atomic E-state index is 16.8. The van der Waals surface area contributed by atoms with Gasteiger partial charge in [-0.15, -0.1) is 6.42 Å². The number of anilines is 1. The highest BCUT2D eigenvalue weighted by Crippen LogP contribution is 2.43. The van der Waals surface area contributed by atoms with Crippen molar-refractivity contribution in [2.75, 3.05) is 43.9 Å². The van der Waals surface area contributed by atoms with Crippen LogP contribution in [0.1, 0.15) is 37.7 Å². The molecule has 4 saturated heterocycles. The van der Waals surface area contributed by atoms with Crippen molar-refractivity contribution in [2.45, 2.75) is 55.0 Å². The molecule has 0 amide bonds. The molecule has 0 spiro atoms. The van der Waals surface area contributed by atoms with Crippen molar-refractivity contribution in [3.8, 4) is 35.4 Å². The predicted molar refractivity (Wildman–Crippen MR) is 173 cm³/mol. The molecule has 2 aromatic carbocycles. The summed E-state index contributed by atoms with van der Waals surface area (Å²) in [6.07, 6.45) is 14.8. The zero-order valence-corrected chi connectivity index (χ0v) is 25.8. The number of halogens is 2. The van der Waals surface area contributed by atoms with Gasteiger partial charge in [0, 0.05) is 54.1 Å². The van der Waals surface area contributed by atoms with E-state index in [0.717, 1.165) is 58.3 Å². The molecular formula is C34H34F2N6O2S. The quantitative estimate of drug-likeness (QED) is 0.284. The minimum absolute atomic E-state index is 0.0204. The van der Waals surface area contributed by atoms with E-state index in [4.69, 9.17) is 16.1 Å². The zero-order valence-electron chi connectivity index (χ0n) is 25.0. The molecule has 4 aliphatic heterocycles. The molecule has 232 valence electrons. The molecule has 45 heavy (non-hydrogen) atoms. The van der Waals surface area contributed by atoms with Crippen LogP contribution in [-0.4, -0.2) is 86.9 Å². The van der Waals surface area contributed by atoms with Crippen molar-refractivity contribution in [1.29, 1.82) is 0 Å². The first-order valence-electron chi connectivity index (χ1n) is 15.6. The number of nitrogens with zero attached hydrogens (tertiary/aromatic N) is 5. The van der Waals surface area contributed by atoms with Crippen LogP contribution in [0.3, 0.4) is 0 Å². The summed E-state index contributed by atoms with van der Waals surface area (Å²) < 4.78 is 38.1. The molecule has 4 aromatic rings. The fourth-order valence-corrected chi connectivity index (χ4v) is 8.87. The second kappa shape index (κ2) is 11.0. The number of nitrogens with one attached hydrogen (secondary N) is 1. The number of ether oxygens (including phenoxy) is 1. The van der Waals surface area contributed by atoms with Gasteiger partial charge in [0.15, 0.2) is 5.82 Å². The van der Waals surface area contributed by atoms with E-state index in [-0.39, 0.29) is 39.6 Å². The Labute approximate surface area is 264 Å². The van der Waals surface area contributed by atoms with Crippen LogP contribution in [-0.2, 0) is 0 Å². The van der Waals surface area contributed by atoms with E-state index < -0.39 is 11.6 Å². The summed E-state index contributed by atoms with van der Waals surface area (Å²) in [7, 11) is 0. The summed E-state index contributed by atoms with van der Waals surface area (Å²) in [6.45, 7) is 4.00. The lowest BCUT2D eigenvalue weighted by molar-refractivity contribution is 0.108. The molecule has 4 aliphatic rings. The Morgan fingerprint density at radius 2 is 2.00 bits per heavy atom. The molecule has 4 fully saturated rings. The summed E-state index contributed by atoms with van der Waals surface area (Å²) in [4.78, 5) is 18.8. The number of aromatic hydroxyl groups is 1. The lowest BCUT2D eigenvalue weighted by atomic mass is 9.95. The first-order chi connectivity index (χ1) is 21.9. The van der Waals surface area contributed by atoms with Gasteiger partial charge in [0.05, 0.1) is 16.5 Å². The van der Waals surface area contributed by atoms with Gasteiger partial charge in [-0.3, -0.25) is 9.88 Å². The number of terminal acetylenes is 1. The highest BCUT2D eigenvalue weighted by molar-refractivity contribution is 7.99. The van der Waals surface area contributed by atoms with E-state index >= 15 is 4.39 Å². The SMILES string of the molecule is C#Cc1c(F)ccc2cc(O)cc(-c3ncc4c(N5CC6CCC(C5)N6)nc(OC[C@@]56CCCN5CC(SC)C6)nc4c3F)c12. The second-order valence-electron chi connectivity index (χ2n) is 12.8. The highest BCUT2D eigenvalue weighted by atomic mass is 32.2. The molecule has 8 rings (SSSR count). The zero-order chi connectivity index (χ0) is 30.9. The lowest BCUT2D eigenvalue weighted by Crippen LogP contribution is -2.51. The van der Waals surface area contributed by atoms with Crippen molar-refractivity contribution >= 4 is 39.3 Å². The number of hydrogen-bond acceptors (Lipinski definition) is 9. The van der Waals surface area contributed by atoms with Gasteiger partial charge >= 0.3 is 6.01 Å². The molecule has 11 heteroatoms. The minimum Gasteiger partial charge on any atom is -0.508 e. The molecule has 0 radical (unpaired) electrons. The fourth-order valence-electron chi connectivity index (χ4n) is 8.06. The van der Waals surface area contributed by atoms with Crippen LogP contribution < -0.4 is 15.0 Å². The number of thioether (sulfide) groups is 1. The van der Waals surface area contributed by atoms with Crippen molar-refractivity contribution < 1.29 is 18.6 Å². The van der Waals surface area contributed by atoms with E-state index in [9.17, 15) is 9.50 Å². The first kappa shape index (κ1) is 28.7. The van der Waals surface area contributed by atoms with Crippen LogP contribution >= 0.6 is 11.8 Å². The van der Waals surface area contributed by atoms with E-state index in [1.54, 1.807) is 6.20 Å². The molecule has 8 nitrogen and oxygen atoms in total. The third kappa shape index (κ3) is 4.77. The molecule has 0 aliphatic carbocycles. The summed E-state index contributed by atoms with van der Waals surface area (Å²) in [5.41, 5.74) is 0.0800. The van der Waals surface area contributed by atoms with Gasteiger partial charge in [-0.05, 0) is 68.5 Å². The Hall–Kier alpha value is -3.72. The van der Waals surface area contributed by atoms with Gasteiger partial charge in [0.2, 0.25) is 0 Å². The highest BCUT2D eigenvalue weighted by Gasteiger charge is 2.49. The number of benzene rings is 2. The Balaban J connectivity index is 1.26. The van der Waals surface area contributed by atoms with E-state index in [1.165, 1.54) is 24.3 Å². The maximum Gasteiger partial charge on any atom is 0.319 e. The van der Waals surface area contributed by atoms with Gasteiger partial charge in [-0.2, -0.15) is 21.7 Å². The number of phenolic OH excluding ortho intramolecular Hbond substituents is 1. The predicted octanol–water partition coefficient (Wildman–Crippen LogP) is 5.10. The van der Waals surface area contributed by atoms with Crippen molar-refractivity contribution in [2.24, 2.45) is 0 Å². The number of hydrogen-bond donors (Lipinski definition) is 2. The standard InChI is InChI=1S/C34H34F2N6O2S/c1-3-24-27(35)8-5-19-11-22(43)12-25(28(19)24)30-29(36)31-26(14-37-30)32(41-15-20-6-7-21(16-41)38-20)40-33(39-31)44-18-34-9-4-10-42(34)17-23(13-34)45-2/h1,5,8,11-12,14,20-21,23,38,43H,4,6-7,9-10,13,15-18H2,2H3/t20?,21?,23?,34-/m0/s1. The average Bonchev–Trinajstić information content (AvgIpc) is 3.71. The van der Waals surface area contributed by atoms with E-state index in [1.807, 2.05) is 11.8 Å². The van der Waals surface area contributed by atoms with Crippen molar-refractivity contribution in [3.63, 3.8) is 0 Å². The molecule has 3 unspecified atom stereocenters. The first-order valence-corrected chi connectivity index (χ1v) is 16.8. The molecule has 2 aromatic heterocycles. The molecule has 2 bridgehead atoms. The largest absolute Gasteiger partial charge is 0.508 e. The molecule has 2 N–H and O–H groups in total. The summed E-state index contributed by atoms with van der Waals surface area (Å²) in [5.74, 6) is 1.56. The Kier molecular flexibility index (Phi) is 7.00. The summed E-state index contributed by atoms with van der Waals surface area (Å²) in [5, 5.41) is 16.0. The number of fused-ring (bicyclic) bond motifs is 5. The fraction of sp³-hybridized carbons (Fsp3) is 0.441. The maximum atomic E-state index is 16.8. The van der Waals surface area contributed by atoms with Gasteiger partial charge in [0.25, 0.3) is 0 Å². The average molecular weight is 629 g/mol. The van der Waals surface area contributed by atoms with Crippen molar-refractivity contribution in [1.82, 2.24) is 25.2 Å². The topological polar surface area (TPSA) is 86.6 Å². The van der Waals surface area contributed by atoms with Crippen LogP contribution in [0, 0.1) is 24.0 Å². The van der Waals surface area contributed by atoms with Gasteiger partial charge < -0.3 is 20.1 Å². The van der Waals surface area contributed by atoms with E-state index in [0.29, 0.717) is 45.9 Å². The number of rotatable bonds is 6. The smallest absolute Gasteiger partial charge is 0.319 e. The van der Waals surface area contributed by atoms with Crippen LogP contribution in [0.5, 0.6) is 11.8 Å². The monoisotopic (exact) mass is 628 g/mol. The van der Waals surface area contributed by atoms with Gasteiger partial charge in [-0.25, -0.2) is 8.78 Å². The molecular weight excluding hydrogens is 594 g/mol. The van der Waals surface area contributed by atoms with Crippen LogP contribution in [0.25, 0.3) is 32.9 Å². The third-order valence-corrected chi connectivity index (χ3v) is 11.2. The van der Waals surface area contributed by atoms with Crippen LogP contribution in [0.2, 0.25) is 0 Å². The normalized spacial score (nSPS) is 26.1. The molecule has 4 atom stereocenters. The third-order valence-electron chi connectivity index (χ3n) is 10.2. The van der Waals surface area contributed by atoms with Crippen LogP contribution in [0.4, 0.5) is 14.6 Å². The van der Waals surface area contributed by atoms with Gasteiger partial charge in [0.1, 0.15) is 35.2 Å². The van der Waals surface area contributed by atoms with Crippen LogP contribution in [0.15, 0.2) is 30.5 Å². The summed E-state index contributed by atoms with van der Waals surface area (Å²) in [6, 6.07) is 6.38. The Bertz CT molecular complexity index is 1870. The number of aromatic nitrogens is 3. The molecule has 0 saturated carbocycles. The Morgan fingerprint density at radius 1 is 1.18 bits per heavy atom.